The van der Waals surface area contributed by atoms with Crippen molar-refractivity contribution in [1.82, 2.24) is 15.5 Å². The number of hydrogen-bond donors (Lipinski definition) is 2. The van der Waals surface area contributed by atoms with E-state index in [9.17, 15) is 4.79 Å². The largest absolute Gasteiger partial charge is 0.444 e. The van der Waals surface area contributed by atoms with Gasteiger partial charge in [-0.05, 0) is 53.5 Å². The molecule has 2 fully saturated rings. The van der Waals surface area contributed by atoms with Crippen LogP contribution in [0.1, 0.15) is 47.0 Å². The molecule has 2 aliphatic heterocycles. The smallest absolute Gasteiger partial charge is 0.407 e. The van der Waals surface area contributed by atoms with Gasteiger partial charge in [-0.15, -0.1) is 0 Å². The Labute approximate surface area is 122 Å². The van der Waals surface area contributed by atoms with E-state index in [0.717, 1.165) is 0 Å². The van der Waals surface area contributed by atoms with Gasteiger partial charge in [-0.25, -0.2) is 4.79 Å². The van der Waals surface area contributed by atoms with Gasteiger partial charge in [-0.1, -0.05) is 0 Å². The maximum Gasteiger partial charge on any atom is 0.407 e. The van der Waals surface area contributed by atoms with Crippen LogP contribution in [0.5, 0.6) is 0 Å². The van der Waals surface area contributed by atoms with Crippen LogP contribution in [0.4, 0.5) is 4.79 Å². The number of rotatable bonds is 4. The van der Waals surface area contributed by atoms with Gasteiger partial charge in [-0.3, -0.25) is 4.90 Å². The zero-order valence-electron chi connectivity index (χ0n) is 13.2. The number of nitrogens with one attached hydrogen (secondary N) is 2. The van der Waals surface area contributed by atoms with Crippen LogP contribution in [0.2, 0.25) is 0 Å². The summed E-state index contributed by atoms with van der Waals surface area (Å²) in [5.74, 6) is 0. The van der Waals surface area contributed by atoms with E-state index in [1.807, 2.05) is 20.8 Å². The Balaban J connectivity index is 1.68. The summed E-state index contributed by atoms with van der Waals surface area (Å²) in [7, 11) is 0. The van der Waals surface area contributed by atoms with Crippen molar-refractivity contribution in [2.45, 2.75) is 70.7 Å². The first-order chi connectivity index (χ1) is 9.35. The van der Waals surface area contributed by atoms with Crippen LogP contribution < -0.4 is 10.6 Å². The molecule has 0 aromatic heterocycles. The SMILES string of the molecule is CC(CNC(=O)OC(C)(C)C)NC1CCN2CCCC12. The zero-order valence-corrected chi connectivity index (χ0v) is 13.2. The maximum absolute atomic E-state index is 11.6. The number of carbonyl (C=O) groups excluding carboxylic acids is 1. The third kappa shape index (κ3) is 4.35. The molecule has 0 aromatic rings. The minimum absolute atomic E-state index is 0.271. The van der Waals surface area contributed by atoms with Crippen LogP contribution in [0.3, 0.4) is 0 Å². The molecule has 2 N–H and O–H groups in total. The molecule has 2 saturated heterocycles. The summed E-state index contributed by atoms with van der Waals surface area (Å²) in [4.78, 5) is 14.2. The normalized spacial score (nSPS) is 28.2. The number of nitrogens with zero attached hydrogens (tertiary/aromatic N) is 1. The van der Waals surface area contributed by atoms with E-state index in [0.29, 0.717) is 18.6 Å². The summed E-state index contributed by atoms with van der Waals surface area (Å²) < 4.78 is 5.24. The molecular formula is C15H29N3O2. The summed E-state index contributed by atoms with van der Waals surface area (Å²) in [5.41, 5.74) is -0.434. The number of hydrogen-bond acceptors (Lipinski definition) is 4. The molecule has 2 rings (SSSR count). The molecule has 1 amide bonds. The first kappa shape index (κ1) is 15.6. The van der Waals surface area contributed by atoms with Gasteiger partial charge in [0.25, 0.3) is 0 Å². The van der Waals surface area contributed by atoms with Crippen molar-refractivity contribution in [1.29, 1.82) is 0 Å². The topological polar surface area (TPSA) is 53.6 Å². The van der Waals surface area contributed by atoms with Gasteiger partial charge < -0.3 is 15.4 Å². The van der Waals surface area contributed by atoms with Crippen LogP contribution in [-0.4, -0.2) is 54.4 Å². The molecule has 3 atom stereocenters. The van der Waals surface area contributed by atoms with Crippen LogP contribution >= 0.6 is 0 Å². The second-order valence-corrected chi connectivity index (χ2v) is 7.09. The van der Waals surface area contributed by atoms with Crippen LogP contribution in [0.25, 0.3) is 0 Å². The average Bonchev–Trinajstić information content (AvgIpc) is 2.89. The average molecular weight is 283 g/mol. The lowest BCUT2D eigenvalue weighted by molar-refractivity contribution is 0.0522. The fraction of sp³-hybridized carbons (Fsp3) is 0.933. The van der Waals surface area contributed by atoms with Crippen molar-refractivity contribution in [3.63, 3.8) is 0 Å². The van der Waals surface area contributed by atoms with E-state index < -0.39 is 5.60 Å². The molecule has 3 unspecified atom stereocenters. The standard InChI is InChI=1S/C15H29N3O2/c1-11(10-16-14(19)20-15(2,3)4)17-12-7-9-18-8-5-6-13(12)18/h11-13,17H,5-10H2,1-4H3,(H,16,19). The van der Waals surface area contributed by atoms with Gasteiger partial charge in [0.2, 0.25) is 0 Å². The van der Waals surface area contributed by atoms with Crippen LogP contribution in [0.15, 0.2) is 0 Å². The lowest BCUT2D eigenvalue weighted by Gasteiger charge is -2.26. The second-order valence-electron chi connectivity index (χ2n) is 7.09. The lowest BCUT2D eigenvalue weighted by Crippen LogP contribution is -2.48. The van der Waals surface area contributed by atoms with Crippen molar-refractivity contribution in [3.8, 4) is 0 Å². The van der Waals surface area contributed by atoms with E-state index >= 15 is 0 Å². The van der Waals surface area contributed by atoms with E-state index in [1.54, 1.807) is 0 Å². The van der Waals surface area contributed by atoms with E-state index in [2.05, 4.69) is 22.5 Å². The van der Waals surface area contributed by atoms with E-state index in [4.69, 9.17) is 4.74 Å². The third-order valence-electron chi connectivity index (χ3n) is 4.06. The van der Waals surface area contributed by atoms with Gasteiger partial charge in [0.05, 0.1) is 0 Å². The highest BCUT2D eigenvalue weighted by Crippen LogP contribution is 2.28. The van der Waals surface area contributed by atoms with E-state index in [1.165, 1.54) is 32.4 Å². The van der Waals surface area contributed by atoms with Gasteiger partial charge in [0.15, 0.2) is 0 Å². The van der Waals surface area contributed by atoms with E-state index in [-0.39, 0.29) is 12.1 Å². The predicted molar refractivity (Wildman–Crippen MR) is 79.8 cm³/mol. The van der Waals surface area contributed by atoms with Gasteiger partial charge in [0, 0.05) is 31.2 Å². The predicted octanol–water partition coefficient (Wildman–Crippen LogP) is 1.73. The van der Waals surface area contributed by atoms with Gasteiger partial charge >= 0.3 is 6.09 Å². The number of amides is 1. The van der Waals surface area contributed by atoms with Gasteiger partial charge in [0.1, 0.15) is 5.60 Å². The number of alkyl carbamates (subject to hydrolysis) is 1. The van der Waals surface area contributed by atoms with Crippen LogP contribution in [0, 0.1) is 0 Å². The Hall–Kier alpha value is -0.810. The Morgan fingerprint density at radius 3 is 2.80 bits per heavy atom. The quantitative estimate of drug-likeness (QED) is 0.825. The molecule has 0 aromatic carbocycles. The monoisotopic (exact) mass is 283 g/mol. The molecule has 2 heterocycles. The molecule has 0 bridgehead atoms. The molecular weight excluding hydrogens is 254 g/mol. The molecule has 5 heteroatoms. The first-order valence-electron chi connectivity index (χ1n) is 7.82. The van der Waals surface area contributed by atoms with Gasteiger partial charge in [-0.2, -0.15) is 0 Å². The summed E-state index contributed by atoms with van der Waals surface area (Å²) in [6.45, 7) is 10.8. The van der Waals surface area contributed by atoms with Crippen LogP contribution in [-0.2, 0) is 4.74 Å². The Morgan fingerprint density at radius 1 is 1.35 bits per heavy atom. The lowest BCUT2D eigenvalue weighted by atomic mass is 10.1. The molecule has 20 heavy (non-hydrogen) atoms. The number of carbonyl (C=O) groups is 1. The van der Waals surface area contributed by atoms with Crippen molar-refractivity contribution in [3.05, 3.63) is 0 Å². The van der Waals surface area contributed by atoms with Crippen molar-refractivity contribution in [2.75, 3.05) is 19.6 Å². The minimum Gasteiger partial charge on any atom is -0.444 e. The van der Waals surface area contributed by atoms with Crippen molar-refractivity contribution in [2.24, 2.45) is 0 Å². The summed E-state index contributed by atoms with van der Waals surface area (Å²) in [6.07, 6.45) is 3.53. The number of ether oxygens (including phenoxy) is 1. The highest BCUT2D eigenvalue weighted by atomic mass is 16.6. The van der Waals surface area contributed by atoms with Crippen molar-refractivity contribution < 1.29 is 9.53 Å². The molecule has 0 saturated carbocycles. The zero-order chi connectivity index (χ0) is 14.8. The summed E-state index contributed by atoms with van der Waals surface area (Å²) in [6, 6.07) is 1.56. The summed E-state index contributed by atoms with van der Waals surface area (Å²) >= 11 is 0. The maximum atomic E-state index is 11.6. The highest BCUT2D eigenvalue weighted by molar-refractivity contribution is 5.67. The molecule has 0 radical (unpaired) electrons. The molecule has 2 aliphatic rings. The second kappa shape index (κ2) is 6.31. The third-order valence-corrected chi connectivity index (χ3v) is 4.06. The molecule has 116 valence electrons. The molecule has 5 nitrogen and oxygen atoms in total. The minimum atomic E-state index is -0.434. The fourth-order valence-corrected chi connectivity index (χ4v) is 3.25. The number of fused-ring (bicyclic) bond motifs is 1. The molecule has 0 spiro atoms. The van der Waals surface area contributed by atoms with Crippen molar-refractivity contribution >= 4 is 6.09 Å². The Kier molecular flexibility index (Phi) is 4.91. The Morgan fingerprint density at radius 2 is 2.10 bits per heavy atom. The summed E-state index contributed by atoms with van der Waals surface area (Å²) in [5, 5.41) is 6.49. The highest BCUT2D eigenvalue weighted by Gasteiger charge is 2.37. The fourth-order valence-electron chi connectivity index (χ4n) is 3.25. The Bertz CT molecular complexity index is 341. The first-order valence-corrected chi connectivity index (χ1v) is 7.82. The molecule has 0 aliphatic carbocycles.